The Morgan fingerprint density at radius 2 is 2.12 bits per heavy atom. The first-order valence-corrected chi connectivity index (χ1v) is 6.11. The first-order valence-electron chi connectivity index (χ1n) is 5.73. The van der Waals surface area contributed by atoms with Crippen LogP contribution in [0.25, 0.3) is 0 Å². The summed E-state index contributed by atoms with van der Waals surface area (Å²) >= 11 is 5.63. The van der Waals surface area contributed by atoms with Crippen molar-refractivity contribution in [3.63, 3.8) is 0 Å². The summed E-state index contributed by atoms with van der Waals surface area (Å²) in [5.41, 5.74) is 0.193. The zero-order valence-corrected chi connectivity index (χ0v) is 10.2. The van der Waals surface area contributed by atoms with E-state index >= 15 is 0 Å². The molecule has 0 aromatic heterocycles. The van der Waals surface area contributed by atoms with Gasteiger partial charge >= 0.3 is 0 Å². The maximum atomic E-state index is 13.4. The van der Waals surface area contributed by atoms with Gasteiger partial charge in [0.15, 0.2) is 6.54 Å². The highest BCUT2D eigenvalue weighted by Gasteiger charge is 2.19. The molecule has 3 nitrogen and oxygen atoms in total. The molecule has 92 valence electrons. The summed E-state index contributed by atoms with van der Waals surface area (Å²) in [7, 11) is 0. The Balaban J connectivity index is 1.93. The molecule has 2 N–H and O–H groups in total. The van der Waals surface area contributed by atoms with E-state index in [0.29, 0.717) is 11.6 Å². The third-order valence-electron chi connectivity index (χ3n) is 2.93. The second-order valence-corrected chi connectivity index (χ2v) is 4.74. The number of hydrogen-bond donors (Lipinski definition) is 2. The Bertz CT molecular complexity index is 419. The molecule has 0 spiro atoms. The zero-order chi connectivity index (χ0) is 12.3. The maximum Gasteiger partial charge on any atom is 0.279 e. The number of amides is 1. The maximum absolute atomic E-state index is 13.4. The summed E-state index contributed by atoms with van der Waals surface area (Å²) in [5, 5.41) is 2.90. The SMILES string of the molecule is O=C(C[NH+]1CCCC1)Nc1ccc(Cl)cc1F. The number of hydrogen-bond acceptors (Lipinski definition) is 1. The van der Waals surface area contributed by atoms with Crippen molar-refractivity contribution in [1.82, 2.24) is 0 Å². The molecule has 17 heavy (non-hydrogen) atoms. The van der Waals surface area contributed by atoms with E-state index in [-0.39, 0.29) is 11.6 Å². The van der Waals surface area contributed by atoms with E-state index < -0.39 is 5.82 Å². The Kier molecular flexibility index (Phi) is 3.97. The number of carbonyl (C=O) groups is 1. The van der Waals surface area contributed by atoms with E-state index in [1.165, 1.54) is 17.0 Å². The van der Waals surface area contributed by atoms with Crippen LogP contribution in [0.3, 0.4) is 0 Å². The fourth-order valence-electron chi connectivity index (χ4n) is 2.06. The predicted octanol–water partition coefficient (Wildman–Crippen LogP) is 1.10. The van der Waals surface area contributed by atoms with E-state index in [2.05, 4.69) is 5.32 Å². The van der Waals surface area contributed by atoms with Crippen LogP contribution in [0.1, 0.15) is 12.8 Å². The zero-order valence-electron chi connectivity index (χ0n) is 9.43. The Morgan fingerprint density at radius 1 is 1.41 bits per heavy atom. The number of quaternary nitrogens is 1. The number of nitrogens with one attached hydrogen (secondary N) is 2. The molecule has 1 saturated heterocycles. The van der Waals surface area contributed by atoms with Crippen molar-refractivity contribution in [1.29, 1.82) is 0 Å². The molecular formula is C12H15ClFN2O+. The average Bonchev–Trinajstić information content (AvgIpc) is 2.75. The van der Waals surface area contributed by atoms with E-state index in [9.17, 15) is 9.18 Å². The van der Waals surface area contributed by atoms with Crippen LogP contribution in [0, 0.1) is 5.82 Å². The molecule has 0 radical (unpaired) electrons. The Labute approximate surface area is 105 Å². The molecular weight excluding hydrogens is 243 g/mol. The average molecular weight is 258 g/mol. The van der Waals surface area contributed by atoms with Crippen LogP contribution >= 0.6 is 11.6 Å². The molecule has 0 saturated carbocycles. The highest BCUT2D eigenvalue weighted by atomic mass is 35.5. The largest absolute Gasteiger partial charge is 0.327 e. The monoisotopic (exact) mass is 257 g/mol. The molecule has 1 amide bonds. The van der Waals surface area contributed by atoms with Crippen molar-refractivity contribution < 1.29 is 14.1 Å². The summed E-state index contributed by atoms with van der Waals surface area (Å²) in [4.78, 5) is 12.9. The third kappa shape index (κ3) is 3.41. The highest BCUT2D eigenvalue weighted by molar-refractivity contribution is 6.30. The van der Waals surface area contributed by atoms with Crippen LogP contribution in [-0.2, 0) is 4.79 Å². The summed E-state index contributed by atoms with van der Waals surface area (Å²) in [6.07, 6.45) is 2.33. The minimum atomic E-state index is -0.498. The lowest BCUT2D eigenvalue weighted by atomic mass is 10.3. The molecule has 0 bridgehead atoms. The van der Waals surface area contributed by atoms with Gasteiger partial charge in [-0.15, -0.1) is 0 Å². The molecule has 1 fully saturated rings. The van der Waals surface area contributed by atoms with Gasteiger partial charge in [-0.2, -0.15) is 0 Å². The van der Waals surface area contributed by atoms with Gasteiger partial charge in [-0.05, 0) is 18.2 Å². The molecule has 0 aliphatic carbocycles. The summed E-state index contributed by atoms with van der Waals surface area (Å²) in [5.74, 6) is -0.648. The Morgan fingerprint density at radius 3 is 2.76 bits per heavy atom. The van der Waals surface area contributed by atoms with Crippen LogP contribution in [0.2, 0.25) is 5.02 Å². The van der Waals surface area contributed by atoms with Crippen molar-refractivity contribution >= 4 is 23.2 Å². The number of halogens is 2. The van der Waals surface area contributed by atoms with Gasteiger partial charge < -0.3 is 10.2 Å². The van der Waals surface area contributed by atoms with E-state index in [4.69, 9.17) is 11.6 Å². The van der Waals surface area contributed by atoms with Gasteiger partial charge in [0.25, 0.3) is 5.91 Å². The van der Waals surface area contributed by atoms with Crippen molar-refractivity contribution in [3.8, 4) is 0 Å². The summed E-state index contributed by atoms with van der Waals surface area (Å²) in [6, 6.07) is 4.23. The van der Waals surface area contributed by atoms with Crippen LogP contribution in [0.4, 0.5) is 10.1 Å². The lowest BCUT2D eigenvalue weighted by Gasteiger charge is -2.12. The number of rotatable bonds is 3. The smallest absolute Gasteiger partial charge is 0.279 e. The number of likely N-dealkylation sites (tertiary alicyclic amines) is 1. The molecule has 1 aliphatic rings. The highest BCUT2D eigenvalue weighted by Crippen LogP contribution is 2.18. The fraction of sp³-hybridized carbons (Fsp3) is 0.417. The van der Waals surface area contributed by atoms with Gasteiger partial charge in [0, 0.05) is 17.9 Å². The number of anilines is 1. The van der Waals surface area contributed by atoms with Gasteiger partial charge in [0.05, 0.1) is 18.8 Å². The lowest BCUT2D eigenvalue weighted by molar-refractivity contribution is -0.878. The normalized spacial score (nSPS) is 16.1. The first kappa shape index (κ1) is 12.3. The molecule has 1 aliphatic heterocycles. The van der Waals surface area contributed by atoms with Crippen molar-refractivity contribution in [2.75, 3.05) is 25.0 Å². The van der Waals surface area contributed by atoms with Crippen LogP contribution in [0.15, 0.2) is 18.2 Å². The number of benzene rings is 1. The van der Waals surface area contributed by atoms with Crippen LogP contribution in [-0.4, -0.2) is 25.5 Å². The topological polar surface area (TPSA) is 33.5 Å². The predicted molar refractivity (Wildman–Crippen MR) is 64.8 cm³/mol. The van der Waals surface area contributed by atoms with Crippen molar-refractivity contribution in [3.05, 3.63) is 29.0 Å². The van der Waals surface area contributed by atoms with Crippen molar-refractivity contribution in [2.24, 2.45) is 0 Å². The Hall–Kier alpha value is -1.13. The van der Waals surface area contributed by atoms with Gasteiger partial charge in [-0.3, -0.25) is 4.79 Å². The van der Waals surface area contributed by atoms with E-state index in [1.807, 2.05) is 0 Å². The molecule has 0 unspecified atom stereocenters. The molecule has 0 atom stereocenters. The number of carbonyl (C=O) groups excluding carboxylic acids is 1. The van der Waals surface area contributed by atoms with Gasteiger partial charge in [-0.25, -0.2) is 4.39 Å². The summed E-state index contributed by atoms with van der Waals surface area (Å²) in [6.45, 7) is 2.45. The van der Waals surface area contributed by atoms with Gasteiger partial charge in [0.2, 0.25) is 0 Å². The minimum absolute atomic E-state index is 0.150. The second kappa shape index (κ2) is 5.47. The van der Waals surface area contributed by atoms with Crippen LogP contribution in [0.5, 0.6) is 0 Å². The quantitative estimate of drug-likeness (QED) is 0.835. The molecule has 2 rings (SSSR count). The van der Waals surface area contributed by atoms with Crippen LogP contribution < -0.4 is 10.2 Å². The molecule has 1 heterocycles. The minimum Gasteiger partial charge on any atom is -0.327 e. The lowest BCUT2D eigenvalue weighted by Crippen LogP contribution is -3.11. The van der Waals surface area contributed by atoms with Gasteiger partial charge in [-0.1, -0.05) is 11.6 Å². The first-order chi connectivity index (χ1) is 8.15. The van der Waals surface area contributed by atoms with E-state index in [1.54, 1.807) is 6.07 Å². The molecule has 1 aromatic carbocycles. The third-order valence-corrected chi connectivity index (χ3v) is 3.16. The second-order valence-electron chi connectivity index (χ2n) is 4.31. The summed E-state index contributed by atoms with van der Waals surface area (Å²) < 4.78 is 13.4. The standard InChI is InChI=1S/C12H14ClFN2O/c13-9-3-4-11(10(14)7-9)15-12(17)8-16-5-1-2-6-16/h3-4,7H,1-2,5-6,8H2,(H,15,17)/p+1. The van der Waals surface area contributed by atoms with E-state index in [0.717, 1.165) is 25.9 Å². The molecule has 1 aromatic rings. The van der Waals surface area contributed by atoms with Gasteiger partial charge in [0.1, 0.15) is 5.82 Å². The molecule has 5 heteroatoms. The fourth-order valence-corrected chi connectivity index (χ4v) is 2.22. The van der Waals surface area contributed by atoms with Crippen molar-refractivity contribution in [2.45, 2.75) is 12.8 Å².